The first-order valence-corrected chi connectivity index (χ1v) is 9.78. The molecule has 0 spiro atoms. The van der Waals surface area contributed by atoms with Gasteiger partial charge in [0.25, 0.3) is 0 Å². The van der Waals surface area contributed by atoms with Crippen LogP contribution < -0.4 is 10.1 Å². The zero-order chi connectivity index (χ0) is 20.5. The summed E-state index contributed by atoms with van der Waals surface area (Å²) in [6, 6.07) is 16.7. The Labute approximate surface area is 174 Å². The summed E-state index contributed by atoms with van der Waals surface area (Å²) in [7, 11) is 0. The molecule has 1 aliphatic rings. The zero-order valence-corrected chi connectivity index (χ0v) is 16.2. The Morgan fingerprint density at radius 1 is 1.17 bits per heavy atom. The first kappa shape index (κ1) is 18.0. The van der Waals surface area contributed by atoms with E-state index in [0.29, 0.717) is 23.2 Å². The molecule has 1 N–H and O–H groups in total. The summed E-state index contributed by atoms with van der Waals surface area (Å²) in [5.74, 6) is 1.11. The van der Waals surface area contributed by atoms with E-state index >= 15 is 0 Å². The Morgan fingerprint density at radius 2 is 2.00 bits per heavy atom. The molecular weight excluding hydrogens is 374 g/mol. The summed E-state index contributed by atoms with van der Waals surface area (Å²) in [6.07, 6.45) is 8.64. The van der Waals surface area contributed by atoms with Crippen LogP contribution in [0, 0.1) is 11.3 Å². The fourth-order valence-corrected chi connectivity index (χ4v) is 3.76. The molecule has 0 aliphatic heterocycles. The standard InChI is InChI=1S/C24H19N5O/c1-2-27-17-5-3-16(4-6-17)24-21(14-25)20-10-9-19(30-23-15-26-11-12-28-23)13-22(20)29(24)18-7-8-18/h2-6,9-13,15,18,27H,1,7-8H2. The van der Waals surface area contributed by atoms with Gasteiger partial charge in [0.15, 0.2) is 0 Å². The Hall–Kier alpha value is -4.11. The van der Waals surface area contributed by atoms with E-state index in [1.54, 1.807) is 24.8 Å². The number of benzene rings is 2. The monoisotopic (exact) mass is 393 g/mol. The smallest absolute Gasteiger partial charge is 0.237 e. The topological polar surface area (TPSA) is 75.8 Å². The molecule has 6 heteroatoms. The van der Waals surface area contributed by atoms with E-state index < -0.39 is 0 Å². The van der Waals surface area contributed by atoms with Crippen LogP contribution in [0.5, 0.6) is 11.6 Å². The van der Waals surface area contributed by atoms with Crippen molar-refractivity contribution in [3.8, 4) is 29.0 Å². The number of hydrogen-bond donors (Lipinski definition) is 1. The lowest BCUT2D eigenvalue weighted by Crippen LogP contribution is -1.98. The molecule has 5 rings (SSSR count). The highest BCUT2D eigenvalue weighted by Crippen LogP contribution is 2.45. The summed E-state index contributed by atoms with van der Waals surface area (Å²) in [5, 5.41) is 14.0. The molecule has 6 nitrogen and oxygen atoms in total. The average molecular weight is 393 g/mol. The van der Waals surface area contributed by atoms with E-state index in [2.05, 4.69) is 32.5 Å². The first-order valence-electron chi connectivity index (χ1n) is 9.78. The molecule has 0 radical (unpaired) electrons. The van der Waals surface area contributed by atoms with Crippen molar-refractivity contribution in [3.05, 3.63) is 79.4 Å². The van der Waals surface area contributed by atoms with Gasteiger partial charge in [0, 0.05) is 35.6 Å². The second-order valence-electron chi connectivity index (χ2n) is 7.19. The maximum atomic E-state index is 10.00. The van der Waals surface area contributed by atoms with Crippen molar-refractivity contribution in [1.29, 1.82) is 5.26 Å². The fraction of sp³-hybridized carbons (Fsp3) is 0.125. The zero-order valence-electron chi connectivity index (χ0n) is 16.2. The quantitative estimate of drug-likeness (QED) is 0.458. The molecule has 146 valence electrons. The second kappa shape index (κ2) is 7.37. The number of fused-ring (bicyclic) bond motifs is 1. The van der Waals surface area contributed by atoms with Crippen molar-refractivity contribution in [2.75, 3.05) is 5.32 Å². The molecule has 2 aromatic heterocycles. The minimum absolute atomic E-state index is 0.391. The highest BCUT2D eigenvalue weighted by molar-refractivity contribution is 5.95. The summed E-state index contributed by atoms with van der Waals surface area (Å²) in [5.41, 5.74) is 4.62. The van der Waals surface area contributed by atoms with Crippen molar-refractivity contribution in [2.45, 2.75) is 18.9 Å². The fourth-order valence-electron chi connectivity index (χ4n) is 3.76. The lowest BCUT2D eigenvalue weighted by molar-refractivity contribution is 0.460. The highest BCUT2D eigenvalue weighted by atomic mass is 16.5. The molecule has 0 saturated heterocycles. The van der Waals surface area contributed by atoms with E-state index in [-0.39, 0.29) is 0 Å². The lowest BCUT2D eigenvalue weighted by Gasteiger charge is -2.11. The molecule has 0 amide bonds. The molecule has 1 aliphatic carbocycles. The molecule has 2 aromatic carbocycles. The first-order chi connectivity index (χ1) is 14.8. The third kappa shape index (κ3) is 3.16. The lowest BCUT2D eigenvalue weighted by atomic mass is 10.1. The number of hydrogen-bond acceptors (Lipinski definition) is 5. The van der Waals surface area contributed by atoms with Crippen LogP contribution in [-0.2, 0) is 0 Å². The molecule has 0 atom stereocenters. The van der Waals surface area contributed by atoms with Gasteiger partial charge in [-0.3, -0.25) is 4.98 Å². The van der Waals surface area contributed by atoms with Crippen molar-refractivity contribution < 1.29 is 4.74 Å². The molecule has 4 aromatic rings. The van der Waals surface area contributed by atoms with E-state index in [9.17, 15) is 5.26 Å². The van der Waals surface area contributed by atoms with Crippen LogP contribution in [0.3, 0.4) is 0 Å². The maximum absolute atomic E-state index is 10.00. The van der Waals surface area contributed by atoms with Crippen molar-refractivity contribution in [3.63, 3.8) is 0 Å². The molecular formula is C24H19N5O. The number of nitrogens with zero attached hydrogens (tertiary/aromatic N) is 4. The number of anilines is 1. The van der Waals surface area contributed by atoms with Gasteiger partial charge in [0.1, 0.15) is 11.8 Å². The predicted molar refractivity (Wildman–Crippen MR) is 116 cm³/mol. The summed E-state index contributed by atoms with van der Waals surface area (Å²) in [4.78, 5) is 8.22. The molecule has 1 fully saturated rings. The van der Waals surface area contributed by atoms with Crippen LogP contribution >= 0.6 is 0 Å². The van der Waals surface area contributed by atoms with Gasteiger partial charge in [-0.1, -0.05) is 18.7 Å². The highest BCUT2D eigenvalue weighted by Gasteiger charge is 2.30. The van der Waals surface area contributed by atoms with Crippen molar-refractivity contribution >= 4 is 16.6 Å². The third-order valence-corrected chi connectivity index (χ3v) is 5.19. The average Bonchev–Trinajstić information content (AvgIpc) is 3.56. The minimum atomic E-state index is 0.391. The Bertz CT molecular complexity index is 1270. The number of ether oxygens (including phenoxy) is 1. The molecule has 30 heavy (non-hydrogen) atoms. The summed E-state index contributed by atoms with van der Waals surface area (Å²) in [6.45, 7) is 3.70. The SMILES string of the molecule is C=CNc1ccc(-c2c(C#N)c3ccc(Oc4cnccn4)cc3n2C2CC2)cc1. The van der Waals surface area contributed by atoms with Crippen LogP contribution in [0.2, 0.25) is 0 Å². The normalized spacial score (nSPS) is 13.0. The van der Waals surface area contributed by atoms with Gasteiger partial charge in [-0.25, -0.2) is 4.98 Å². The molecule has 2 heterocycles. The Morgan fingerprint density at radius 3 is 2.67 bits per heavy atom. The van der Waals surface area contributed by atoms with Gasteiger partial charge in [-0.15, -0.1) is 0 Å². The number of nitriles is 1. The van der Waals surface area contributed by atoms with Crippen LogP contribution in [-0.4, -0.2) is 14.5 Å². The van der Waals surface area contributed by atoms with E-state index in [0.717, 1.165) is 40.7 Å². The van der Waals surface area contributed by atoms with Gasteiger partial charge in [0.2, 0.25) is 5.88 Å². The Balaban J connectivity index is 1.65. The van der Waals surface area contributed by atoms with Gasteiger partial charge in [-0.2, -0.15) is 5.26 Å². The van der Waals surface area contributed by atoms with Gasteiger partial charge in [0.05, 0.1) is 23.0 Å². The third-order valence-electron chi connectivity index (χ3n) is 5.19. The summed E-state index contributed by atoms with van der Waals surface area (Å²) < 4.78 is 8.17. The number of nitrogens with one attached hydrogen (secondary N) is 1. The van der Waals surface area contributed by atoms with Crippen molar-refractivity contribution in [1.82, 2.24) is 14.5 Å². The Kier molecular flexibility index (Phi) is 4.41. The van der Waals surface area contributed by atoms with E-state index in [1.165, 1.54) is 0 Å². The second-order valence-corrected chi connectivity index (χ2v) is 7.19. The van der Waals surface area contributed by atoms with Crippen LogP contribution in [0.15, 0.2) is 73.8 Å². The molecule has 0 unspecified atom stereocenters. The number of rotatable bonds is 6. The van der Waals surface area contributed by atoms with E-state index in [4.69, 9.17) is 4.74 Å². The van der Waals surface area contributed by atoms with Crippen LogP contribution in [0.4, 0.5) is 5.69 Å². The van der Waals surface area contributed by atoms with Gasteiger partial charge < -0.3 is 14.6 Å². The largest absolute Gasteiger partial charge is 0.437 e. The van der Waals surface area contributed by atoms with Gasteiger partial charge in [-0.05, 0) is 48.9 Å². The van der Waals surface area contributed by atoms with E-state index in [1.807, 2.05) is 42.5 Å². The van der Waals surface area contributed by atoms with Crippen LogP contribution in [0.1, 0.15) is 24.4 Å². The predicted octanol–water partition coefficient (Wildman–Crippen LogP) is 5.65. The maximum Gasteiger partial charge on any atom is 0.237 e. The molecule has 1 saturated carbocycles. The van der Waals surface area contributed by atoms with Gasteiger partial charge >= 0.3 is 0 Å². The van der Waals surface area contributed by atoms with Crippen molar-refractivity contribution in [2.24, 2.45) is 0 Å². The summed E-state index contributed by atoms with van der Waals surface area (Å²) >= 11 is 0. The molecule has 0 bridgehead atoms. The minimum Gasteiger partial charge on any atom is -0.437 e. The van der Waals surface area contributed by atoms with Crippen LogP contribution in [0.25, 0.3) is 22.2 Å². The number of aromatic nitrogens is 3.